The molecule has 0 saturated heterocycles. The van der Waals surface area contributed by atoms with Gasteiger partial charge in [-0.3, -0.25) is 4.79 Å². The second-order valence-corrected chi connectivity index (χ2v) is 5.96. The number of thioether (sulfide) groups is 1. The first-order valence-electron chi connectivity index (χ1n) is 5.84. The van der Waals surface area contributed by atoms with E-state index < -0.39 is 0 Å². The summed E-state index contributed by atoms with van der Waals surface area (Å²) in [5, 5.41) is 5.90. The van der Waals surface area contributed by atoms with Crippen LogP contribution in [0.5, 0.6) is 0 Å². The number of thiazole rings is 1. The number of aryl methyl sites for hydroxylation is 1. The predicted molar refractivity (Wildman–Crippen MR) is 77.4 cm³/mol. The summed E-state index contributed by atoms with van der Waals surface area (Å²) < 4.78 is 0. The molecule has 2 aromatic rings. The van der Waals surface area contributed by atoms with Crippen LogP contribution in [0.25, 0.3) is 0 Å². The molecule has 0 unspecified atom stereocenters. The monoisotopic (exact) mass is 294 g/mol. The molecule has 7 heteroatoms. The van der Waals surface area contributed by atoms with Crippen LogP contribution in [-0.2, 0) is 4.79 Å². The van der Waals surface area contributed by atoms with Crippen molar-refractivity contribution in [3.63, 3.8) is 0 Å². The molecule has 19 heavy (non-hydrogen) atoms. The highest BCUT2D eigenvalue weighted by molar-refractivity contribution is 8.00. The molecule has 5 nitrogen and oxygen atoms in total. The molecular weight excluding hydrogens is 280 g/mol. The molecule has 1 atom stereocenters. The Morgan fingerprint density at radius 2 is 2.32 bits per heavy atom. The number of nitrogens with one attached hydrogen (secondary N) is 1. The van der Waals surface area contributed by atoms with E-state index in [1.54, 1.807) is 6.20 Å². The Morgan fingerprint density at radius 3 is 2.95 bits per heavy atom. The van der Waals surface area contributed by atoms with Crippen molar-refractivity contribution in [2.24, 2.45) is 0 Å². The maximum Gasteiger partial charge on any atom is 0.239 e. The lowest BCUT2D eigenvalue weighted by Gasteiger charge is -2.12. The Bertz CT molecular complexity index is 544. The van der Waals surface area contributed by atoms with E-state index in [4.69, 9.17) is 0 Å². The molecule has 0 fully saturated rings. The number of carbonyl (C=O) groups excluding carboxylic acids is 1. The molecule has 0 aliphatic carbocycles. The maximum atomic E-state index is 12.1. The Kier molecular flexibility index (Phi) is 4.86. The standard InChI is InChI=1S/C12H14N4OS2/c1-3-9(11(17)16-12-13-4-5-18-12)19-10-6-8(2)14-7-15-10/h4-7,9H,3H2,1-2H3,(H,13,16,17)/t9-/m1/s1. The first kappa shape index (κ1) is 14.0. The van der Waals surface area contributed by atoms with Crippen LogP contribution in [0.3, 0.4) is 0 Å². The Hall–Kier alpha value is -1.47. The second kappa shape index (κ2) is 6.63. The van der Waals surface area contributed by atoms with Crippen LogP contribution < -0.4 is 5.32 Å². The van der Waals surface area contributed by atoms with Gasteiger partial charge in [0.2, 0.25) is 5.91 Å². The van der Waals surface area contributed by atoms with Crippen LogP contribution in [0, 0.1) is 6.92 Å². The largest absolute Gasteiger partial charge is 0.301 e. The molecule has 0 aliphatic heterocycles. The fraction of sp³-hybridized carbons (Fsp3) is 0.333. The maximum absolute atomic E-state index is 12.1. The van der Waals surface area contributed by atoms with Gasteiger partial charge in [-0.25, -0.2) is 15.0 Å². The van der Waals surface area contributed by atoms with Gasteiger partial charge in [-0.05, 0) is 19.4 Å². The number of anilines is 1. The number of rotatable bonds is 5. The summed E-state index contributed by atoms with van der Waals surface area (Å²) in [6.07, 6.45) is 3.91. The normalized spacial score (nSPS) is 12.1. The predicted octanol–water partition coefficient (Wildman–Crippen LogP) is 2.75. The molecule has 0 saturated carbocycles. The fourth-order valence-corrected chi connectivity index (χ4v) is 2.94. The molecule has 100 valence electrons. The molecule has 2 rings (SSSR count). The molecule has 0 radical (unpaired) electrons. The van der Waals surface area contributed by atoms with Crippen molar-refractivity contribution in [3.05, 3.63) is 29.7 Å². The lowest BCUT2D eigenvalue weighted by atomic mass is 10.3. The quantitative estimate of drug-likeness (QED) is 0.678. The zero-order valence-corrected chi connectivity index (χ0v) is 12.3. The van der Waals surface area contributed by atoms with Crippen molar-refractivity contribution in [2.45, 2.75) is 30.5 Å². The van der Waals surface area contributed by atoms with Gasteiger partial charge in [0.25, 0.3) is 0 Å². The van der Waals surface area contributed by atoms with Crippen molar-refractivity contribution in [1.82, 2.24) is 15.0 Å². The molecule has 1 N–H and O–H groups in total. The van der Waals surface area contributed by atoms with E-state index in [9.17, 15) is 4.79 Å². The van der Waals surface area contributed by atoms with E-state index in [-0.39, 0.29) is 11.2 Å². The summed E-state index contributed by atoms with van der Waals surface area (Å²) in [7, 11) is 0. The summed E-state index contributed by atoms with van der Waals surface area (Å²) in [5.41, 5.74) is 0.896. The highest BCUT2D eigenvalue weighted by atomic mass is 32.2. The van der Waals surface area contributed by atoms with E-state index in [2.05, 4.69) is 20.3 Å². The average Bonchev–Trinajstić information content (AvgIpc) is 2.88. The molecule has 2 aromatic heterocycles. The third kappa shape index (κ3) is 4.00. The highest BCUT2D eigenvalue weighted by Crippen LogP contribution is 2.25. The third-order valence-corrected chi connectivity index (χ3v) is 4.35. The Balaban J connectivity index is 2.01. The van der Waals surface area contributed by atoms with E-state index >= 15 is 0 Å². The summed E-state index contributed by atoms with van der Waals surface area (Å²) in [5.74, 6) is -0.0429. The molecule has 0 spiro atoms. The summed E-state index contributed by atoms with van der Waals surface area (Å²) >= 11 is 2.86. The number of aromatic nitrogens is 3. The van der Waals surface area contributed by atoms with Gasteiger partial charge in [-0.2, -0.15) is 0 Å². The summed E-state index contributed by atoms with van der Waals surface area (Å²) in [6.45, 7) is 3.88. The van der Waals surface area contributed by atoms with Crippen LogP contribution in [0.1, 0.15) is 19.0 Å². The van der Waals surface area contributed by atoms with Gasteiger partial charge in [0.05, 0.1) is 5.25 Å². The fourth-order valence-electron chi connectivity index (χ4n) is 1.43. The topological polar surface area (TPSA) is 67.8 Å². The molecular formula is C12H14N4OS2. The molecule has 0 bridgehead atoms. The summed E-state index contributed by atoms with van der Waals surface area (Å²) in [6, 6.07) is 1.88. The van der Waals surface area contributed by atoms with Gasteiger partial charge < -0.3 is 5.32 Å². The van der Waals surface area contributed by atoms with Crippen LogP contribution in [0.2, 0.25) is 0 Å². The van der Waals surface area contributed by atoms with Gasteiger partial charge >= 0.3 is 0 Å². The van der Waals surface area contributed by atoms with Crippen LogP contribution in [0.4, 0.5) is 5.13 Å². The molecule has 0 aliphatic rings. The molecule has 2 heterocycles. The smallest absolute Gasteiger partial charge is 0.239 e. The minimum absolute atomic E-state index is 0.0429. The van der Waals surface area contributed by atoms with Crippen molar-refractivity contribution in [1.29, 1.82) is 0 Å². The zero-order valence-electron chi connectivity index (χ0n) is 10.7. The SMILES string of the molecule is CC[C@@H](Sc1cc(C)ncn1)C(=O)Nc1nccs1. The number of amides is 1. The highest BCUT2D eigenvalue weighted by Gasteiger charge is 2.19. The number of nitrogens with zero attached hydrogens (tertiary/aromatic N) is 3. The van der Waals surface area contributed by atoms with E-state index in [0.717, 1.165) is 17.1 Å². The zero-order chi connectivity index (χ0) is 13.7. The lowest BCUT2D eigenvalue weighted by molar-refractivity contribution is -0.115. The third-order valence-electron chi connectivity index (χ3n) is 2.37. The Labute approximate surface area is 119 Å². The van der Waals surface area contributed by atoms with Crippen LogP contribution >= 0.6 is 23.1 Å². The second-order valence-electron chi connectivity index (χ2n) is 3.84. The van der Waals surface area contributed by atoms with Gasteiger partial charge in [0.15, 0.2) is 5.13 Å². The average molecular weight is 294 g/mol. The van der Waals surface area contributed by atoms with Crippen molar-refractivity contribution in [3.8, 4) is 0 Å². The van der Waals surface area contributed by atoms with Crippen molar-refractivity contribution in [2.75, 3.05) is 5.32 Å². The van der Waals surface area contributed by atoms with E-state index in [0.29, 0.717) is 5.13 Å². The first-order chi connectivity index (χ1) is 9.19. The van der Waals surface area contributed by atoms with Gasteiger partial charge in [-0.15, -0.1) is 11.3 Å². The molecule has 1 amide bonds. The minimum atomic E-state index is -0.182. The first-order valence-corrected chi connectivity index (χ1v) is 7.60. The minimum Gasteiger partial charge on any atom is -0.301 e. The van der Waals surface area contributed by atoms with Gasteiger partial charge in [-0.1, -0.05) is 18.7 Å². The lowest BCUT2D eigenvalue weighted by Crippen LogP contribution is -2.24. The van der Waals surface area contributed by atoms with Crippen LogP contribution in [-0.4, -0.2) is 26.1 Å². The van der Waals surface area contributed by atoms with Crippen LogP contribution in [0.15, 0.2) is 29.0 Å². The van der Waals surface area contributed by atoms with Gasteiger partial charge in [0, 0.05) is 17.3 Å². The number of carbonyl (C=O) groups is 1. The molecule has 0 aromatic carbocycles. The van der Waals surface area contributed by atoms with Crippen molar-refractivity contribution >= 4 is 34.1 Å². The van der Waals surface area contributed by atoms with Gasteiger partial charge in [0.1, 0.15) is 11.4 Å². The Morgan fingerprint density at radius 1 is 1.47 bits per heavy atom. The van der Waals surface area contributed by atoms with E-state index in [1.165, 1.54) is 29.4 Å². The number of hydrogen-bond acceptors (Lipinski definition) is 6. The van der Waals surface area contributed by atoms with E-state index in [1.807, 2.05) is 25.3 Å². The van der Waals surface area contributed by atoms with Crippen molar-refractivity contribution < 1.29 is 4.79 Å². The summed E-state index contributed by atoms with van der Waals surface area (Å²) in [4.78, 5) is 24.4. The number of hydrogen-bond donors (Lipinski definition) is 1.